The second-order valence-corrected chi connectivity index (χ2v) is 12.6. The molecule has 0 amide bonds. The van der Waals surface area contributed by atoms with Crippen molar-refractivity contribution in [2.75, 3.05) is 4.90 Å². The van der Waals surface area contributed by atoms with E-state index in [0.717, 1.165) is 22.7 Å². The Morgan fingerprint density at radius 2 is 0.936 bits per heavy atom. The van der Waals surface area contributed by atoms with Crippen LogP contribution in [0.2, 0.25) is 0 Å². The first kappa shape index (κ1) is 24.9. The molecule has 0 aliphatic rings. The van der Waals surface area contributed by atoms with Crippen molar-refractivity contribution >= 4 is 87.7 Å². The molecule has 0 aliphatic carbocycles. The summed E-state index contributed by atoms with van der Waals surface area (Å²) < 4.78 is 5.00. The lowest BCUT2D eigenvalue weighted by Gasteiger charge is -2.25. The van der Waals surface area contributed by atoms with Gasteiger partial charge in [0.15, 0.2) is 0 Å². The molecule has 0 radical (unpaired) electrons. The Labute approximate surface area is 270 Å². The maximum atomic E-state index is 2.53. The zero-order valence-electron chi connectivity index (χ0n) is 25.4. The quantitative estimate of drug-likeness (QED) is 0.184. The lowest BCUT2D eigenvalue weighted by atomic mass is 9.97. The molecule has 3 heterocycles. The zero-order valence-corrected chi connectivity index (χ0v) is 25.4. The van der Waals surface area contributed by atoms with Crippen molar-refractivity contribution in [3.8, 4) is 5.69 Å². The lowest BCUT2D eigenvalue weighted by molar-refractivity contribution is 1.17. The van der Waals surface area contributed by atoms with Crippen LogP contribution in [-0.2, 0) is 0 Å². The van der Waals surface area contributed by atoms with Crippen molar-refractivity contribution in [1.82, 2.24) is 8.97 Å². The van der Waals surface area contributed by atoms with Gasteiger partial charge in [-0.3, -0.25) is 0 Å². The van der Waals surface area contributed by atoms with Crippen molar-refractivity contribution < 1.29 is 0 Å². The minimum atomic E-state index is 1.12. The molecule has 47 heavy (non-hydrogen) atoms. The summed E-state index contributed by atoms with van der Waals surface area (Å²) in [4.78, 5) is 2.32. The highest BCUT2D eigenvalue weighted by Crippen LogP contribution is 2.47. The molecule has 0 atom stereocenters. The van der Waals surface area contributed by atoms with Gasteiger partial charge in [0.05, 0.1) is 27.6 Å². The van der Waals surface area contributed by atoms with E-state index in [0.29, 0.717) is 0 Å². The molecular weight excluding hydrogens is 571 g/mol. The highest BCUT2D eigenvalue weighted by Gasteiger charge is 2.24. The van der Waals surface area contributed by atoms with Gasteiger partial charge in [0.1, 0.15) is 0 Å². The SMILES string of the molecule is c1ccc(N(c2ccccc2)c2ccc(-n3c4ccc5ccc6cccc7c6c5c4c4c3ccc3c5ccccc5n7c34)cc2)cc1. The van der Waals surface area contributed by atoms with Crippen LogP contribution in [-0.4, -0.2) is 8.97 Å². The molecule has 0 aliphatic heterocycles. The highest BCUT2D eigenvalue weighted by molar-refractivity contribution is 6.37. The third-order valence-electron chi connectivity index (χ3n) is 10.2. The van der Waals surface area contributed by atoms with Crippen LogP contribution in [0.1, 0.15) is 0 Å². The summed E-state index contributed by atoms with van der Waals surface area (Å²) in [6.07, 6.45) is 0. The molecule has 8 aromatic carbocycles. The maximum Gasteiger partial charge on any atom is 0.0641 e. The fourth-order valence-corrected chi connectivity index (χ4v) is 8.28. The standard InChI is InChI=1S/C44H27N3/c1-3-11-30(12-4-1)45(31-13-5-2-6-14-31)32-21-23-33(24-22-32)46-38-26-20-29-19-18-28-10-9-17-37-40(28)41(29)42(38)43-39(46)27-25-35-34-15-7-8-16-36(34)47(37)44(35)43/h1-27H. The van der Waals surface area contributed by atoms with Crippen molar-refractivity contribution in [2.24, 2.45) is 0 Å². The number of fused-ring (bicyclic) bond motifs is 4. The largest absolute Gasteiger partial charge is 0.311 e. The van der Waals surface area contributed by atoms with Crippen molar-refractivity contribution in [3.05, 3.63) is 164 Å². The summed E-state index contributed by atoms with van der Waals surface area (Å²) in [6, 6.07) is 59.8. The summed E-state index contributed by atoms with van der Waals surface area (Å²) in [7, 11) is 0. The minimum Gasteiger partial charge on any atom is -0.311 e. The number of anilines is 3. The van der Waals surface area contributed by atoms with E-state index in [1.54, 1.807) is 0 Å². The van der Waals surface area contributed by atoms with E-state index < -0.39 is 0 Å². The van der Waals surface area contributed by atoms with Gasteiger partial charge in [-0.05, 0) is 83.6 Å². The number of benzene rings is 8. The molecule has 11 rings (SSSR count). The molecule has 3 aromatic heterocycles. The average Bonchev–Trinajstić information content (AvgIpc) is 3.61. The summed E-state index contributed by atoms with van der Waals surface area (Å²) in [5.74, 6) is 0. The van der Waals surface area contributed by atoms with Crippen LogP contribution in [0.3, 0.4) is 0 Å². The fraction of sp³-hybridized carbons (Fsp3) is 0. The summed E-state index contributed by atoms with van der Waals surface area (Å²) in [5, 5.41) is 10.5. The first-order valence-electron chi connectivity index (χ1n) is 16.2. The molecule has 0 spiro atoms. The van der Waals surface area contributed by atoms with Crippen molar-refractivity contribution in [1.29, 1.82) is 0 Å². The van der Waals surface area contributed by atoms with Crippen molar-refractivity contribution in [3.63, 3.8) is 0 Å². The number of hydrogen-bond donors (Lipinski definition) is 0. The van der Waals surface area contributed by atoms with Crippen LogP contribution < -0.4 is 4.90 Å². The second-order valence-electron chi connectivity index (χ2n) is 12.6. The van der Waals surface area contributed by atoms with Gasteiger partial charge in [-0.1, -0.05) is 91.0 Å². The normalized spacial score (nSPS) is 12.3. The zero-order chi connectivity index (χ0) is 30.6. The lowest BCUT2D eigenvalue weighted by Crippen LogP contribution is -2.09. The first-order chi connectivity index (χ1) is 23.3. The summed E-state index contributed by atoms with van der Waals surface area (Å²) >= 11 is 0. The Balaban J connectivity index is 1.25. The van der Waals surface area contributed by atoms with Gasteiger partial charge in [-0.25, -0.2) is 0 Å². The van der Waals surface area contributed by atoms with E-state index >= 15 is 0 Å². The Bertz CT molecular complexity index is 2890. The number of hydrogen-bond acceptors (Lipinski definition) is 1. The van der Waals surface area contributed by atoms with E-state index in [1.165, 1.54) is 70.7 Å². The van der Waals surface area contributed by atoms with Gasteiger partial charge in [-0.15, -0.1) is 0 Å². The van der Waals surface area contributed by atoms with E-state index in [-0.39, 0.29) is 0 Å². The maximum absolute atomic E-state index is 2.53. The number of rotatable bonds is 4. The molecule has 0 N–H and O–H groups in total. The summed E-state index contributed by atoms with van der Waals surface area (Å²) in [6.45, 7) is 0. The number of nitrogens with zero attached hydrogens (tertiary/aromatic N) is 3. The van der Waals surface area contributed by atoms with Gasteiger partial charge >= 0.3 is 0 Å². The Kier molecular flexibility index (Phi) is 4.84. The molecule has 3 nitrogen and oxygen atoms in total. The second kappa shape index (κ2) is 9.12. The molecule has 0 saturated heterocycles. The number of para-hydroxylation sites is 3. The fourth-order valence-electron chi connectivity index (χ4n) is 8.28. The summed E-state index contributed by atoms with van der Waals surface area (Å²) in [5.41, 5.74) is 10.8. The molecule has 11 aromatic rings. The van der Waals surface area contributed by atoms with Crippen LogP contribution in [0.5, 0.6) is 0 Å². The number of aromatic nitrogens is 2. The van der Waals surface area contributed by atoms with Gasteiger partial charge in [0, 0.05) is 55.1 Å². The van der Waals surface area contributed by atoms with E-state index in [9.17, 15) is 0 Å². The molecule has 218 valence electrons. The predicted octanol–water partition coefficient (Wildman–Crippen LogP) is 12.0. The monoisotopic (exact) mass is 597 g/mol. The molecule has 0 bridgehead atoms. The Morgan fingerprint density at radius 1 is 0.340 bits per heavy atom. The van der Waals surface area contributed by atoms with Crippen LogP contribution in [0, 0.1) is 0 Å². The molecule has 0 saturated carbocycles. The Morgan fingerprint density at radius 3 is 1.70 bits per heavy atom. The predicted molar refractivity (Wildman–Crippen MR) is 199 cm³/mol. The van der Waals surface area contributed by atoms with E-state index in [4.69, 9.17) is 0 Å². The average molecular weight is 598 g/mol. The van der Waals surface area contributed by atoms with E-state index in [2.05, 4.69) is 178 Å². The van der Waals surface area contributed by atoms with Gasteiger partial charge in [0.25, 0.3) is 0 Å². The smallest absolute Gasteiger partial charge is 0.0641 e. The molecular formula is C44H27N3. The van der Waals surface area contributed by atoms with Gasteiger partial charge in [0.2, 0.25) is 0 Å². The minimum absolute atomic E-state index is 1.12. The van der Waals surface area contributed by atoms with Gasteiger partial charge in [-0.2, -0.15) is 0 Å². The third-order valence-corrected chi connectivity index (χ3v) is 10.2. The molecule has 3 heteroatoms. The van der Waals surface area contributed by atoms with Crippen LogP contribution in [0.4, 0.5) is 17.1 Å². The molecule has 0 fully saturated rings. The van der Waals surface area contributed by atoms with Crippen LogP contribution in [0.15, 0.2) is 164 Å². The van der Waals surface area contributed by atoms with E-state index in [1.807, 2.05) is 0 Å². The Hall–Kier alpha value is -6.32. The molecule has 0 unspecified atom stereocenters. The first-order valence-corrected chi connectivity index (χ1v) is 16.2. The van der Waals surface area contributed by atoms with Crippen LogP contribution in [0.25, 0.3) is 76.4 Å². The third kappa shape index (κ3) is 3.25. The topological polar surface area (TPSA) is 12.6 Å². The van der Waals surface area contributed by atoms with Gasteiger partial charge < -0.3 is 13.9 Å². The highest BCUT2D eigenvalue weighted by atomic mass is 15.1. The van der Waals surface area contributed by atoms with Crippen molar-refractivity contribution in [2.45, 2.75) is 0 Å². The van der Waals surface area contributed by atoms with Crippen LogP contribution >= 0.6 is 0 Å².